The maximum Gasteiger partial charge on any atom is 0.0933 e. The van der Waals surface area contributed by atoms with E-state index >= 15 is 0 Å². The Hall–Kier alpha value is -0.160. The van der Waals surface area contributed by atoms with Gasteiger partial charge in [0.05, 0.1) is 25.9 Å². The van der Waals surface area contributed by atoms with Crippen LogP contribution < -0.4 is 5.32 Å². The zero-order valence-electron chi connectivity index (χ0n) is 10.3. The first-order valence-electron chi connectivity index (χ1n) is 5.68. The lowest BCUT2D eigenvalue weighted by Crippen LogP contribution is -2.31. The maximum atomic E-state index is 5.59. The van der Waals surface area contributed by atoms with Crippen molar-refractivity contribution in [1.29, 1.82) is 0 Å². The maximum absolute atomic E-state index is 5.59. The Morgan fingerprint density at radius 2 is 2.00 bits per heavy atom. The third kappa shape index (κ3) is 10.1. The average molecular weight is 219 g/mol. The predicted molar refractivity (Wildman–Crippen MR) is 61.3 cm³/mol. The number of nitrogens with one attached hydrogen (secondary N) is 1. The Kier molecular flexibility index (Phi) is 11.8. The zero-order valence-corrected chi connectivity index (χ0v) is 10.3. The van der Waals surface area contributed by atoms with E-state index < -0.39 is 0 Å². The van der Waals surface area contributed by atoms with Gasteiger partial charge in [-0.3, -0.25) is 0 Å². The van der Waals surface area contributed by atoms with Gasteiger partial charge in [-0.15, -0.1) is 0 Å². The highest BCUT2D eigenvalue weighted by atomic mass is 16.5. The molecular weight excluding hydrogens is 194 g/mol. The molecule has 0 aliphatic heterocycles. The second-order valence-corrected chi connectivity index (χ2v) is 3.47. The van der Waals surface area contributed by atoms with E-state index in [-0.39, 0.29) is 6.10 Å². The molecule has 92 valence electrons. The molecule has 0 saturated carbocycles. The molecule has 1 atom stereocenters. The van der Waals surface area contributed by atoms with Crippen molar-refractivity contribution in [2.45, 2.75) is 25.9 Å². The van der Waals surface area contributed by atoms with E-state index in [1.165, 1.54) is 6.42 Å². The summed E-state index contributed by atoms with van der Waals surface area (Å²) in [6, 6.07) is 0. The van der Waals surface area contributed by atoms with Crippen LogP contribution in [0.3, 0.4) is 0 Å². The summed E-state index contributed by atoms with van der Waals surface area (Å²) in [6.45, 7) is 5.73. The molecule has 15 heavy (non-hydrogen) atoms. The molecule has 0 amide bonds. The Morgan fingerprint density at radius 3 is 2.60 bits per heavy atom. The van der Waals surface area contributed by atoms with Gasteiger partial charge >= 0.3 is 0 Å². The fraction of sp³-hybridized carbons (Fsp3) is 1.00. The van der Waals surface area contributed by atoms with Crippen LogP contribution in [0.4, 0.5) is 0 Å². The van der Waals surface area contributed by atoms with E-state index in [1.54, 1.807) is 7.11 Å². The van der Waals surface area contributed by atoms with Crippen LogP contribution in [0.1, 0.15) is 19.8 Å². The molecule has 4 nitrogen and oxygen atoms in total. The van der Waals surface area contributed by atoms with Crippen LogP contribution in [0.2, 0.25) is 0 Å². The predicted octanol–water partition coefficient (Wildman–Crippen LogP) is 1.05. The van der Waals surface area contributed by atoms with E-state index in [2.05, 4.69) is 12.2 Å². The summed E-state index contributed by atoms with van der Waals surface area (Å²) < 4.78 is 16.0. The van der Waals surface area contributed by atoms with Gasteiger partial charge in [-0.05, 0) is 13.5 Å². The highest BCUT2D eigenvalue weighted by molar-refractivity contribution is 4.58. The van der Waals surface area contributed by atoms with Gasteiger partial charge in [0, 0.05) is 20.3 Å². The van der Waals surface area contributed by atoms with E-state index in [0.717, 1.165) is 19.6 Å². The minimum Gasteiger partial charge on any atom is -0.382 e. The summed E-state index contributed by atoms with van der Waals surface area (Å²) in [6.07, 6.45) is 2.42. The molecule has 0 aromatic rings. The van der Waals surface area contributed by atoms with Crippen molar-refractivity contribution in [2.75, 3.05) is 47.1 Å². The van der Waals surface area contributed by atoms with Gasteiger partial charge in [0.15, 0.2) is 0 Å². The smallest absolute Gasteiger partial charge is 0.0933 e. The molecule has 1 N–H and O–H groups in total. The summed E-state index contributed by atoms with van der Waals surface area (Å²) in [7, 11) is 3.59. The first kappa shape index (κ1) is 14.8. The highest BCUT2D eigenvalue weighted by Gasteiger charge is 2.06. The first-order valence-corrected chi connectivity index (χ1v) is 5.68. The van der Waals surface area contributed by atoms with Crippen molar-refractivity contribution in [1.82, 2.24) is 5.32 Å². The average Bonchev–Trinajstić information content (AvgIpc) is 2.24. The van der Waals surface area contributed by atoms with Gasteiger partial charge in [0.25, 0.3) is 0 Å². The van der Waals surface area contributed by atoms with Crippen LogP contribution in [-0.4, -0.2) is 53.2 Å². The quantitative estimate of drug-likeness (QED) is 0.527. The number of methoxy groups -OCH3 is 1. The second-order valence-electron chi connectivity index (χ2n) is 3.47. The SMILES string of the molecule is CCCCOCCOC(CNC)COC. The van der Waals surface area contributed by atoms with E-state index in [0.29, 0.717) is 19.8 Å². The number of rotatable bonds is 11. The zero-order chi connectivity index (χ0) is 11.4. The Labute approximate surface area is 93.3 Å². The summed E-state index contributed by atoms with van der Waals surface area (Å²) in [5.74, 6) is 0. The van der Waals surface area contributed by atoms with Crippen molar-refractivity contribution in [3.05, 3.63) is 0 Å². The number of likely N-dealkylation sites (N-methyl/N-ethyl adjacent to an activating group) is 1. The lowest BCUT2D eigenvalue weighted by atomic mass is 10.4. The van der Waals surface area contributed by atoms with Crippen LogP contribution in [0.25, 0.3) is 0 Å². The Morgan fingerprint density at radius 1 is 1.20 bits per heavy atom. The molecular formula is C11H25NO3. The van der Waals surface area contributed by atoms with Gasteiger partial charge < -0.3 is 19.5 Å². The Balaban J connectivity index is 3.28. The van der Waals surface area contributed by atoms with Gasteiger partial charge in [-0.1, -0.05) is 13.3 Å². The number of hydrogen-bond acceptors (Lipinski definition) is 4. The van der Waals surface area contributed by atoms with Crippen LogP contribution in [0, 0.1) is 0 Å². The summed E-state index contributed by atoms with van der Waals surface area (Å²) in [4.78, 5) is 0. The molecule has 0 fully saturated rings. The molecule has 4 heteroatoms. The van der Waals surface area contributed by atoms with Crippen molar-refractivity contribution in [3.63, 3.8) is 0 Å². The fourth-order valence-corrected chi connectivity index (χ4v) is 1.20. The van der Waals surface area contributed by atoms with Crippen molar-refractivity contribution >= 4 is 0 Å². The minimum atomic E-state index is 0.120. The molecule has 0 aromatic heterocycles. The third-order valence-electron chi connectivity index (χ3n) is 2.01. The molecule has 0 radical (unpaired) electrons. The van der Waals surface area contributed by atoms with E-state index in [9.17, 15) is 0 Å². The summed E-state index contributed by atoms with van der Waals surface area (Å²) in [5.41, 5.74) is 0. The second kappa shape index (κ2) is 11.9. The van der Waals surface area contributed by atoms with Crippen molar-refractivity contribution in [2.24, 2.45) is 0 Å². The first-order chi connectivity index (χ1) is 7.35. The largest absolute Gasteiger partial charge is 0.382 e. The molecule has 0 spiro atoms. The van der Waals surface area contributed by atoms with Crippen LogP contribution in [-0.2, 0) is 14.2 Å². The van der Waals surface area contributed by atoms with Gasteiger partial charge in [-0.2, -0.15) is 0 Å². The minimum absolute atomic E-state index is 0.120. The molecule has 0 bridgehead atoms. The lowest BCUT2D eigenvalue weighted by molar-refractivity contribution is -0.0268. The number of ether oxygens (including phenoxy) is 3. The summed E-state index contributed by atoms with van der Waals surface area (Å²) >= 11 is 0. The third-order valence-corrected chi connectivity index (χ3v) is 2.01. The van der Waals surface area contributed by atoms with E-state index in [1.807, 2.05) is 7.05 Å². The fourth-order valence-electron chi connectivity index (χ4n) is 1.20. The molecule has 0 saturated heterocycles. The molecule has 0 heterocycles. The molecule has 1 unspecified atom stereocenters. The van der Waals surface area contributed by atoms with Gasteiger partial charge in [0.2, 0.25) is 0 Å². The molecule has 0 rings (SSSR count). The van der Waals surface area contributed by atoms with Crippen molar-refractivity contribution < 1.29 is 14.2 Å². The molecule has 0 aliphatic carbocycles. The lowest BCUT2D eigenvalue weighted by Gasteiger charge is -2.16. The molecule has 0 aromatic carbocycles. The standard InChI is InChI=1S/C11H25NO3/c1-4-5-6-14-7-8-15-11(9-12-2)10-13-3/h11-12H,4-10H2,1-3H3. The van der Waals surface area contributed by atoms with Crippen LogP contribution in [0.15, 0.2) is 0 Å². The monoisotopic (exact) mass is 219 g/mol. The number of hydrogen-bond donors (Lipinski definition) is 1. The normalized spacial score (nSPS) is 13.0. The number of unbranched alkanes of at least 4 members (excludes halogenated alkanes) is 1. The topological polar surface area (TPSA) is 39.7 Å². The van der Waals surface area contributed by atoms with Gasteiger partial charge in [-0.25, -0.2) is 0 Å². The molecule has 0 aliphatic rings. The van der Waals surface area contributed by atoms with Crippen molar-refractivity contribution in [3.8, 4) is 0 Å². The van der Waals surface area contributed by atoms with E-state index in [4.69, 9.17) is 14.2 Å². The highest BCUT2D eigenvalue weighted by Crippen LogP contribution is 1.93. The van der Waals surface area contributed by atoms with Crippen LogP contribution in [0.5, 0.6) is 0 Å². The van der Waals surface area contributed by atoms with Gasteiger partial charge in [0.1, 0.15) is 0 Å². The Bertz CT molecular complexity index is 116. The summed E-state index contributed by atoms with van der Waals surface area (Å²) in [5, 5.41) is 3.07. The van der Waals surface area contributed by atoms with Crippen LogP contribution >= 0.6 is 0 Å².